The van der Waals surface area contributed by atoms with Crippen molar-refractivity contribution < 1.29 is 14.4 Å². The molecule has 0 radical (unpaired) electrons. The van der Waals surface area contributed by atoms with Crippen LogP contribution >= 0.6 is 0 Å². The van der Waals surface area contributed by atoms with Crippen LogP contribution in [0.25, 0.3) is 0 Å². The number of rotatable bonds is 6. The van der Waals surface area contributed by atoms with E-state index in [-0.39, 0.29) is 11.5 Å². The summed E-state index contributed by atoms with van der Waals surface area (Å²) >= 11 is 0. The van der Waals surface area contributed by atoms with E-state index in [9.17, 15) is 10.1 Å². The minimum atomic E-state index is -0.527. The van der Waals surface area contributed by atoms with Crippen LogP contribution in [0.15, 0.2) is 41.6 Å². The first-order chi connectivity index (χ1) is 10.7. The summed E-state index contributed by atoms with van der Waals surface area (Å²) in [5, 5.41) is 14.8. The average Bonchev–Trinajstić information content (AvgIpc) is 2.55. The fourth-order valence-corrected chi connectivity index (χ4v) is 1.73. The summed E-state index contributed by atoms with van der Waals surface area (Å²) in [6.07, 6.45) is 2.95. The SMILES string of the molecule is COc1ccc(C=NNc2ncccc2[N+](=O)[O-])cc1OC. The van der Waals surface area contributed by atoms with Crippen molar-refractivity contribution in [1.82, 2.24) is 4.98 Å². The van der Waals surface area contributed by atoms with E-state index >= 15 is 0 Å². The highest BCUT2D eigenvalue weighted by Crippen LogP contribution is 2.27. The van der Waals surface area contributed by atoms with Gasteiger partial charge in [0.2, 0.25) is 5.82 Å². The number of pyridine rings is 1. The normalized spacial score (nSPS) is 10.5. The molecule has 8 heteroatoms. The highest BCUT2D eigenvalue weighted by molar-refractivity contribution is 5.81. The molecule has 8 nitrogen and oxygen atoms in total. The molecule has 1 aromatic heterocycles. The van der Waals surface area contributed by atoms with Gasteiger partial charge in [-0.05, 0) is 29.8 Å². The highest BCUT2D eigenvalue weighted by atomic mass is 16.6. The standard InChI is InChI=1S/C14H14N4O4/c1-21-12-6-5-10(8-13(12)22-2)9-16-17-14-11(18(19)20)4-3-7-15-14/h3-9H,1-2H3,(H,15,17). The minimum absolute atomic E-state index is 0.0734. The van der Waals surface area contributed by atoms with Gasteiger partial charge in [0.25, 0.3) is 0 Å². The van der Waals surface area contributed by atoms with Crippen LogP contribution < -0.4 is 14.9 Å². The smallest absolute Gasteiger partial charge is 0.313 e. The van der Waals surface area contributed by atoms with Crippen LogP contribution in [0.1, 0.15) is 5.56 Å². The van der Waals surface area contributed by atoms with Gasteiger partial charge >= 0.3 is 5.69 Å². The van der Waals surface area contributed by atoms with E-state index in [1.54, 1.807) is 25.3 Å². The molecule has 1 aromatic carbocycles. The zero-order valence-corrected chi connectivity index (χ0v) is 12.0. The summed E-state index contributed by atoms with van der Waals surface area (Å²) in [6, 6.07) is 8.09. The van der Waals surface area contributed by atoms with Crippen molar-refractivity contribution in [2.75, 3.05) is 19.6 Å². The van der Waals surface area contributed by atoms with Crippen molar-refractivity contribution in [3.05, 3.63) is 52.2 Å². The van der Waals surface area contributed by atoms with Gasteiger partial charge < -0.3 is 9.47 Å². The number of nitrogens with one attached hydrogen (secondary N) is 1. The molecule has 2 rings (SSSR count). The zero-order chi connectivity index (χ0) is 15.9. The van der Waals surface area contributed by atoms with Crippen LogP contribution in [-0.2, 0) is 0 Å². The number of anilines is 1. The van der Waals surface area contributed by atoms with Crippen molar-refractivity contribution in [1.29, 1.82) is 0 Å². The number of nitrogens with zero attached hydrogens (tertiary/aromatic N) is 3. The van der Waals surface area contributed by atoms with Gasteiger partial charge in [-0.15, -0.1) is 0 Å². The van der Waals surface area contributed by atoms with Crippen molar-refractivity contribution >= 4 is 17.7 Å². The summed E-state index contributed by atoms with van der Waals surface area (Å²) in [5.74, 6) is 1.24. The average molecular weight is 302 g/mol. The molecule has 0 fully saturated rings. The number of hydrogen-bond donors (Lipinski definition) is 1. The lowest BCUT2D eigenvalue weighted by Gasteiger charge is -2.07. The predicted molar refractivity (Wildman–Crippen MR) is 81.7 cm³/mol. The van der Waals surface area contributed by atoms with Gasteiger partial charge in [0, 0.05) is 12.3 Å². The first kappa shape index (κ1) is 15.2. The van der Waals surface area contributed by atoms with Gasteiger partial charge in [-0.1, -0.05) is 0 Å². The Labute approximate surface area is 126 Å². The lowest BCUT2D eigenvalue weighted by atomic mass is 10.2. The number of benzene rings is 1. The molecule has 2 aromatic rings. The predicted octanol–water partition coefficient (Wildman–Crippen LogP) is 2.45. The fraction of sp³-hybridized carbons (Fsp3) is 0.143. The Bertz CT molecular complexity index is 703. The summed E-state index contributed by atoms with van der Waals surface area (Å²) in [7, 11) is 3.08. The largest absolute Gasteiger partial charge is 0.493 e. The molecule has 0 amide bonds. The summed E-state index contributed by atoms with van der Waals surface area (Å²) in [6.45, 7) is 0. The van der Waals surface area contributed by atoms with Crippen LogP contribution in [-0.4, -0.2) is 30.3 Å². The maximum atomic E-state index is 10.9. The molecular formula is C14H14N4O4. The Morgan fingerprint density at radius 3 is 2.73 bits per heavy atom. The minimum Gasteiger partial charge on any atom is -0.493 e. The number of hydrogen-bond acceptors (Lipinski definition) is 7. The second-order valence-electron chi connectivity index (χ2n) is 4.11. The first-order valence-electron chi connectivity index (χ1n) is 6.26. The topological polar surface area (TPSA) is 98.9 Å². The van der Waals surface area contributed by atoms with Gasteiger partial charge in [-0.2, -0.15) is 5.10 Å². The lowest BCUT2D eigenvalue weighted by molar-refractivity contribution is -0.384. The van der Waals surface area contributed by atoms with Crippen molar-refractivity contribution in [2.24, 2.45) is 5.10 Å². The molecule has 0 saturated carbocycles. The maximum Gasteiger partial charge on any atom is 0.313 e. The monoisotopic (exact) mass is 302 g/mol. The van der Waals surface area contributed by atoms with Crippen LogP contribution in [0.4, 0.5) is 11.5 Å². The van der Waals surface area contributed by atoms with Crippen LogP contribution in [0.5, 0.6) is 11.5 Å². The summed E-state index contributed by atoms with van der Waals surface area (Å²) in [4.78, 5) is 14.2. The summed E-state index contributed by atoms with van der Waals surface area (Å²) < 4.78 is 10.3. The van der Waals surface area contributed by atoms with Crippen LogP contribution in [0.3, 0.4) is 0 Å². The van der Waals surface area contributed by atoms with E-state index < -0.39 is 4.92 Å². The molecule has 0 aliphatic heterocycles. The Hall–Kier alpha value is -3.16. The number of hydrazone groups is 1. The van der Waals surface area contributed by atoms with Gasteiger partial charge in [-0.25, -0.2) is 4.98 Å². The van der Waals surface area contributed by atoms with Crippen molar-refractivity contribution in [3.8, 4) is 11.5 Å². The van der Waals surface area contributed by atoms with Gasteiger partial charge in [0.15, 0.2) is 11.5 Å². The number of ether oxygens (including phenoxy) is 2. The molecule has 0 atom stereocenters. The van der Waals surface area contributed by atoms with E-state index in [2.05, 4.69) is 15.5 Å². The molecule has 114 valence electrons. The Morgan fingerprint density at radius 1 is 1.27 bits per heavy atom. The molecule has 0 saturated heterocycles. The van der Waals surface area contributed by atoms with Crippen molar-refractivity contribution in [3.63, 3.8) is 0 Å². The molecule has 0 unspecified atom stereocenters. The molecule has 22 heavy (non-hydrogen) atoms. The second-order valence-corrected chi connectivity index (χ2v) is 4.11. The first-order valence-corrected chi connectivity index (χ1v) is 6.26. The third kappa shape index (κ3) is 3.48. The van der Waals surface area contributed by atoms with Crippen LogP contribution in [0, 0.1) is 10.1 Å². The fourth-order valence-electron chi connectivity index (χ4n) is 1.73. The third-order valence-corrected chi connectivity index (χ3v) is 2.77. The van der Waals surface area contributed by atoms with Gasteiger partial charge in [-0.3, -0.25) is 15.5 Å². The van der Waals surface area contributed by atoms with Crippen LogP contribution in [0.2, 0.25) is 0 Å². The number of methoxy groups -OCH3 is 2. The molecule has 0 aliphatic rings. The van der Waals surface area contributed by atoms with E-state index in [0.717, 1.165) is 5.56 Å². The maximum absolute atomic E-state index is 10.9. The number of aromatic nitrogens is 1. The molecular weight excluding hydrogens is 288 g/mol. The Balaban J connectivity index is 2.15. The molecule has 0 bridgehead atoms. The van der Waals surface area contributed by atoms with Gasteiger partial charge in [0.05, 0.1) is 25.4 Å². The molecule has 1 heterocycles. The van der Waals surface area contributed by atoms with E-state index in [0.29, 0.717) is 11.5 Å². The second kappa shape index (κ2) is 7.02. The lowest BCUT2D eigenvalue weighted by Crippen LogP contribution is -1.99. The van der Waals surface area contributed by atoms with E-state index in [4.69, 9.17) is 9.47 Å². The highest BCUT2D eigenvalue weighted by Gasteiger charge is 2.12. The number of nitro groups is 1. The zero-order valence-electron chi connectivity index (χ0n) is 12.0. The Morgan fingerprint density at radius 2 is 2.05 bits per heavy atom. The quantitative estimate of drug-likeness (QED) is 0.500. The molecule has 0 aliphatic carbocycles. The molecule has 1 N–H and O–H groups in total. The van der Waals surface area contributed by atoms with Gasteiger partial charge in [0.1, 0.15) is 0 Å². The summed E-state index contributed by atoms with van der Waals surface area (Å²) in [5.41, 5.74) is 3.15. The molecule has 0 spiro atoms. The van der Waals surface area contributed by atoms with Crippen molar-refractivity contribution in [2.45, 2.75) is 0 Å². The third-order valence-electron chi connectivity index (χ3n) is 2.77. The van der Waals surface area contributed by atoms with E-state index in [1.807, 2.05) is 0 Å². The Kier molecular flexibility index (Phi) is 4.86. The van der Waals surface area contributed by atoms with E-state index in [1.165, 1.54) is 31.7 Å².